The van der Waals surface area contributed by atoms with Crippen molar-refractivity contribution in [2.24, 2.45) is 0 Å². The van der Waals surface area contributed by atoms with Crippen molar-refractivity contribution in [2.45, 2.75) is 64.7 Å². The molecule has 2 aromatic rings. The summed E-state index contributed by atoms with van der Waals surface area (Å²) < 4.78 is 5.82. The Kier molecular flexibility index (Phi) is 10.5. The highest BCUT2D eigenvalue weighted by atomic mass is 16.5. The Hall–Kier alpha value is -2.95. The molecule has 0 fully saturated rings. The third-order valence-electron chi connectivity index (χ3n) is 5.19. The molecule has 0 atom stereocenters. The average Bonchev–Trinajstić information content (AvgIpc) is 2.72. The maximum absolute atomic E-state index is 11.7. The minimum absolute atomic E-state index is 0.251. The van der Waals surface area contributed by atoms with Crippen LogP contribution in [0.3, 0.4) is 0 Å². The van der Waals surface area contributed by atoms with Crippen LogP contribution in [0.1, 0.15) is 69.4 Å². The fourth-order valence-corrected chi connectivity index (χ4v) is 3.54. The number of hydrogen-bond donors (Lipinski definition) is 3. The van der Waals surface area contributed by atoms with Crippen LogP contribution in [0.15, 0.2) is 48.0 Å². The summed E-state index contributed by atoms with van der Waals surface area (Å²) in [6.07, 6.45) is 12.1. The Labute approximate surface area is 186 Å². The zero-order valence-electron chi connectivity index (χ0n) is 18.6. The summed E-state index contributed by atoms with van der Waals surface area (Å²) in [5, 5.41) is 9.58. The van der Waals surface area contributed by atoms with E-state index in [0.29, 0.717) is 18.0 Å². The first-order valence-corrected chi connectivity index (χ1v) is 11.3. The molecule has 5 nitrogen and oxygen atoms in total. The molecule has 0 spiro atoms. The topological polar surface area (TPSA) is 98.6 Å². The van der Waals surface area contributed by atoms with Gasteiger partial charge in [-0.25, -0.2) is 4.79 Å². The van der Waals surface area contributed by atoms with E-state index in [9.17, 15) is 9.90 Å². The van der Waals surface area contributed by atoms with E-state index in [4.69, 9.17) is 16.2 Å². The number of hydrogen-bond acceptors (Lipinski definition) is 4. The van der Waals surface area contributed by atoms with E-state index in [1.807, 2.05) is 24.3 Å². The quantitative estimate of drug-likeness (QED) is 0.194. The summed E-state index contributed by atoms with van der Waals surface area (Å²) in [5.74, 6) is -0.156. The van der Waals surface area contributed by atoms with Gasteiger partial charge in [0.15, 0.2) is 0 Å². The molecule has 0 radical (unpaired) electrons. The third kappa shape index (κ3) is 9.60. The highest BCUT2D eigenvalue weighted by molar-refractivity contribution is 5.92. The van der Waals surface area contributed by atoms with Gasteiger partial charge in [-0.3, -0.25) is 0 Å². The number of anilines is 2. The molecule has 0 saturated carbocycles. The van der Waals surface area contributed by atoms with Crippen molar-refractivity contribution in [3.8, 4) is 5.75 Å². The van der Waals surface area contributed by atoms with Crippen molar-refractivity contribution in [3.63, 3.8) is 0 Å². The second kappa shape index (κ2) is 13.4. The van der Waals surface area contributed by atoms with E-state index in [1.165, 1.54) is 44.9 Å². The lowest BCUT2D eigenvalue weighted by Gasteiger charge is -2.08. The molecular formula is C26H36N2O3. The normalized spacial score (nSPS) is 11.5. The van der Waals surface area contributed by atoms with E-state index < -0.39 is 5.97 Å². The second-order valence-electron chi connectivity index (χ2n) is 8.05. The number of rotatable bonds is 14. The van der Waals surface area contributed by atoms with Gasteiger partial charge in [0.05, 0.1) is 6.61 Å². The summed E-state index contributed by atoms with van der Waals surface area (Å²) >= 11 is 0. The van der Waals surface area contributed by atoms with Crippen LogP contribution in [0.25, 0.3) is 6.08 Å². The predicted molar refractivity (Wildman–Crippen MR) is 129 cm³/mol. The Morgan fingerprint density at radius 2 is 1.48 bits per heavy atom. The van der Waals surface area contributed by atoms with Crippen LogP contribution in [0.4, 0.5) is 11.4 Å². The van der Waals surface area contributed by atoms with Crippen molar-refractivity contribution in [1.82, 2.24) is 0 Å². The molecule has 0 aromatic heterocycles. The van der Waals surface area contributed by atoms with Gasteiger partial charge in [0.25, 0.3) is 0 Å². The molecule has 31 heavy (non-hydrogen) atoms. The van der Waals surface area contributed by atoms with E-state index in [-0.39, 0.29) is 12.0 Å². The van der Waals surface area contributed by atoms with Crippen molar-refractivity contribution >= 4 is 23.4 Å². The summed E-state index contributed by atoms with van der Waals surface area (Å²) in [7, 11) is 0. The molecule has 0 amide bonds. The fraction of sp³-hybridized carbons (Fsp3) is 0.423. The molecule has 0 heterocycles. The van der Waals surface area contributed by atoms with Gasteiger partial charge in [-0.05, 0) is 54.0 Å². The maximum atomic E-state index is 11.7. The maximum Gasteiger partial charge on any atom is 0.331 e. The van der Waals surface area contributed by atoms with E-state index >= 15 is 0 Å². The molecule has 0 saturated heterocycles. The number of carbonyl (C=O) groups is 1. The molecular weight excluding hydrogens is 388 g/mol. The van der Waals surface area contributed by atoms with Gasteiger partial charge < -0.3 is 21.3 Å². The molecule has 5 heteroatoms. The smallest absolute Gasteiger partial charge is 0.331 e. The monoisotopic (exact) mass is 424 g/mol. The standard InChI is InChI=1S/C26H36N2O3/c1-2-3-4-5-6-7-8-9-14-31-25-12-10-20(11-13-25)15-22(26(29)30)16-21-17-23(27)19-24(28)18-21/h10-13,15,17-19H,2-9,14,16,27-28H2,1H3,(H,29,30)/b22-15+. The van der Waals surface area contributed by atoms with Crippen molar-refractivity contribution in [1.29, 1.82) is 0 Å². The van der Waals surface area contributed by atoms with Crippen LogP contribution in [0.2, 0.25) is 0 Å². The van der Waals surface area contributed by atoms with Gasteiger partial charge in [0, 0.05) is 23.4 Å². The van der Waals surface area contributed by atoms with Crippen LogP contribution in [-0.2, 0) is 11.2 Å². The molecule has 0 bridgehead atoms. The van der Waals surface area contributed by atoms with Gasteiger partial charge in [0.1, 0.15) is 5.75 Å². The van der Waals surface area contributed by atoms with Crippen molar-refractivity contribution in [3.05, 3.63) is 59.2 Å². The number of nitrogen functional groups attached to an aromatic ring is 2. The molecule has 0 aliphatic rings. The second-order valence-corrected chi connectivity index (χ2v) is 8.05. The Bertz CT molecular complexity index is 824. The van der Waals surface area contributed by atoms with E-state index in [2.05, 4.69) is 6.92 Å². The van der Waals surface area contributed by atoms with Crippen LogP contribution in [-0.4, -0.2) is 17.7 Å². The summed E-state index contributed by atoms with van der Waals surface area (Å²) in [5.41, 5.74) is 14.5. The number of carboxylic acids is 1. The Balaban J connectivity index is 1.82. The first kappa shape index (κ1) is 24.3. The molecule has 5 N–H and O–H groups in total. The largest absolute Gasteiger partial charge is 0.494 e. The van der Waals surface area contributed by atoms with Crippen LogP contribution >= 0.6 is 0 Å². The Morgan fingerprint density at radius 1 is 0.903 bits per heavy atom. The van der Waals surface area contributed by atoms with Gasteiger partial charge in [0.2, 0.25) is 0 Å². The number of aliphatic carboxylic acids is 1. The predicted octanol–water partition coefficient (Wildman–Crippen LogP) is 6.08. The third-order valence-corrected chi connectivity index (χ3v) is 5.19. The fourth-order valence-electron chi connectivity index (χ4n) is 3.54. The zero-order chi connectivity index (χ0) is 22.5. The lowest BCUT2D eigenvalue weighted by molar-refractivity contribution is -0.132. The highest BCUT2D eigenvalue weighted by Gasteiger charge is 2.10. The van der Waals surface area contributed by atoms with E-state index in [0.717, 1.165) is 23.3 Å². The van der Waals surface area contributed by atoms with Crippen LogP contribution < -0.4 is 16.2 Å². The average molecular weight is 425 g/mol. The molecule has 2 aromatic carbocycles. The lowest BCUT2D eigenvalue weighted by Crippen LogP contribution is -2.05. The number of unbranched alkanes of at least 4 members (excludes halogenated alkanes) is 7. The molecule has 0 unspecified atom stereocenters. The minimum atomic E-state index is -0.962. The molecule has 0 aliphatic carbocycles. The van der Waals surface area contributed by atoms with Crippen molar-refractivity contribution < 1.29 is 14.6 Å². The molecule has 168 valence electrons. The summed E-state index contributed by atoms with van der Waals surface area (Å²) in [6.45, 7) is 2.95. The lowest BCUT2D eigenvalue weighted by atomic mass is 10.0. The minimum Gasteiger partial charge on any atom is -0.494 e. The van der Waals surface area contributed by atoms with Crippen molar-refractivity contribution in [2.75, 3.05) is 18.1 Å². The van der Waals surface area contributed by atoms with Gasteiger partial charge in [-0.1, -0.05) is 64.0 Å². The highest BCUT2D eigenvalue weighted by Crippen LogP contribution is 2.20. The summed E-state index contributed by atoms with van der Waals surface area (Å²) in [4.78, 5) is 11.7. The van der Waals surface area contributed by atoms with Gasteiger partial charge in [-0.2, -0.15) is 0 Å². The Morgan fingerprint density at radius 3 is 2.06 bits per heavy atom. The zero-order valence-corrected chi connectivity index (χ0v) is 18.6. The number of carboxylic acid groups (broad SMARTS) is 1. The SMILES string of the molecule is CCCCCCCCCCOc1ccc(/C=C(\Cc2cc(N)cc(N)c2)C(=O)O)cc1. The first-order chi connectivity index (χ1) is 15.0. The summed E-state index contributed by atoms with van der Waals surface area (Å²) in [6, 6.07) is 12.7. The first-order valence-electron chi connectivity index (χ1n) is 11.3. The number of benzene rings is 2. The van der Waals surface area contributed by atoms with Gasteiger partial charge in [-0.15, -0.1) is 0 Å². The van der Waals surface area contributed by atoms with Gasteiger partial charge >= 0.3 is 5.97 Å². The molecule has 0 aliphatic heterocycles. The molecule has 2 rings (SSSR count). The van der Waals surface area contributed by atoms with Crippen LogP contribution in [0, 0.1) is 0 Å². The van der Waals surface area contributed by atoms with E-state index in [1.54, 1.807) is 24.3 Å². The number of nitrogens with two attached hydrogens (primary N) is 2. The van der Waals surface area contributed by atoms with Crippen LogP contribution in [0.5, 0.6) is 5.75 Å². The number of ether oxygens (including phenoxy) is 1.